The van der Waals surface area contributed by atoms with Gasteiger partial charge in [0.1, 0.15) is 10.7 Å². The molecular weight excluding hydrogens is 513 g/mol. The van der Waals surface area contributed by atoms with Gasteiger partial charge in [-0.2, -0.15) is 0 Å². The van der Waals surface area contributed by atoms with Gasteiger partial charge in [0.15, 0.2) is 11.2 Å². The van der Waals surface area contributed by atoms with E-state index in [1.165, 1.54) is 23.5 Å². The zero-order valence-corrected chi connectivity index (χ0v) is 22.2. The largest absolute Gasteiger partial charge is 0.383 e. The van der Waals surface area contributed by atoms with Crippen molar-refractivity contribution in [1.29, 1.82) is 0 Å². The average Bonchev–Trinajstić information content (AvgIpc) is 2.90. The Bertz CT molecular complexity index is 1620. The van der Waals surface area contributed by atoms with Gasteiger partial charge in [0, 0.05) is 34.4 Å². The minimum atomic E-state index is -4.24. The lowest BCUT2D eigenvalue weighted by molar-refractivity contribution is 0.0998. The fourth-order valence-electron chi connectivity index (χ4n) is 4.15. The Morgan fingerprint density at radius 1 is 1.00 bits per heavy atom. The van der Waals surface area contributed by atoms with Crippen LogP contribution in [-0.2, 0) is 10.0 Å². The molecule has 0 saturated heterocycles. The van der Waals surface area contributed by atoms with Crippen molar-refractivity contribution >= 4 is 53.0 Å². The number of carbonyl (C=O) groups is 1. The Morgan fingerprint density at radius 3 is 2.43 bits per heavy atom. The molecule has 194 valence electrons. The van der Waals surface area contributed by atoms with Gasteiger partial charge in [0.05, 0.1) is 16.6 Å². The third kappa shape index (κ3) is 5.72. The number of Topliss-reactive ketones (excluding diaryl/α,β-unsaturated/α-hetero) is 1. The summed E-state index contributed by atoms with van der Waals surface area (Å²) < 4.78 is 42.6. The van der Waals surface area contributed by atoms with Crippen molar-refractivity contribution in [2.24, 2.45) is 0 Å². The molecule has 0 spiro atoms. The van der Waals surface area contributed by atoms with Gasteiger partial charge >= 0.3 is 0 Å². The van der Waals surface area contributed by atoms with E-state index < -0.39 is 33.1 Å². The highest BCUT2D eigenvalue weighted by molar-refractivity contribution is 7.89. The molecule has 0 fully saturated rings. The first kappa shape index (κ1) is 26.9. The van der Waals surface area contributed by atoms with E-state index in [2.05, 4.69) is 28.8 Å². The standard InChI is InChI=1S/C27H28FN3O4S2/c1-3-31(4-2)16-15-29-21-14-13-18(27-25(21)26(33)19-9-5-7-11-23(19)36-27)22(32)17-30-37(34,35)24-12-8-6-10-20(24)28/h5-14,29-30H,3-4,15-17H2,1-2H3. The topological polar surface area (TPSA) is 95.6 Å². The molecule has 4 aromatic rings. The predicted molar refractivity (Wildman–Crippen MR) is 148 cm³/mol. The Kier molecular flexibility index (Phi) is 8.33. The van der Waals surface area contributed by atoms with Crippen LogP contribution >= 0.6 is 11.3 Å². The zero-order chi connectivity index (χ0) is 26.6. The summed E-state index contributed by atoms with van der Waals surface area (Å²) in [6.45, 7) is 6.83. The predicted octanol–water partition coefficient (Wildman–Crippen LogP) is 4.47. The summed E-state index contributed by atoms with van der Waals surface area (Å²) in [4.78, 5) is 28.5. The number of rotatable bonds is 11. The highest BCUT2D eigenvalue weighted by Crippen LogP contribution is 2.32. The van der Waals surface area contributed by atoms with Gasteiger partial charge in [0.2, 0.25) is 10.0 Å². The molecule has 0 aliphatic heterocycles. The Labute approximate surface area is 219 Å². The SMILES string of the molecule is CCN(CC)CCNc1ccc(C(=O)CNS(=O)(=O)c2ccccc2F)c2sc3ccccc3c(=O)c12. The lowest BCUT2D eigenvalue weighted by Crippen LogP contribution is -2.30. The summed E-state index contributed by atoms with van der Waals surface area (Å²) in [5.74, 6) is -1.43. The Hall–Kier alpha value is -3.18. The first-order valence-electron chi connectivity index (χ1n) is 12.0. The molecule has 2 N–H and O–H groups in total. The number of ketones is 1. The highest BCUT2D eigenvalue weighted by Gasteiger charge is 2.22. The van der Waals surface area contributed by atoms with E-state index in [1.807, 2.05) is 12.1 Å². The third-order valence-corrected chi connectivity index (χ3v) is 8.85. The molecule has 4 rings (SSSR count). The van der Waals surface area contributed by atoms with Crippen LogP contribution in [0.5, 0.6) is 0 Å². The molecule has 1 heterocycles. The lowest BCUT2D eigenvalue weighted by Gasteiger charge is -2.19. The van der Waals surface area contributed by atoms with E-state index in [4.69, 9.17) is 0 Å². The number of anilines is 1. The third-order valence-electron chi connectivity index (χ3n) is 6.22. The van der Waals surface area contributed by atoms with E-state index in [1.54, 1.807) is 24.3 Å². The van der Waals surface area contributed by atoms with Gasteiger partial charge in [-0.25, -0.2) is 17.5 Å². The van der Waals surface area contributed by atoms with Crippen LogP contribution in [0, 0.1) is 5.82 Å². The van der Waals surface area contributed by atoms with Crippen molar-refractivity contribution in [3.8, 4) is 0 Å². The first-order chi connectivity index (χ1) is 17.8. The van der Waals surface area contributed by atoms with Gasteiger partial charge in [0.25, 0.3) is 0 Å². The molecular formula is C27H28FN3O4S2. The van der Waals surface area contributed by atoms with Crippen LogP contribution in [0.25, 0.3) is 20.2 Å². The summed E-state index contributed by atoms with van der Waals surface area (Å²) >= 11 is 1.31. The Morgan fingerprint density at radius 2 is 1.70 bits per heavy atom. The molecule has 0 radical (unpaired) electrons. The van der Waals surface area contributed by atoms with Gasteiger partial charge in [-0.15, -0.1) is 11.3 Å². The number of nitrogens with one attached hydrogen (secondary N) is 2. The second-order valence-electron chi connectivity index (χ2n) is 8.42. The maximum absolute atomic E-state index is 14.0. The van der Waals surface area contributed by atoms with E-state index in [-0.39, 0.29) is 11.0 Å². The van der Waals surface area contributed by atoms with Gasteiger partial charge < -0.3 is 10.2 Å². The van der Waals surface area contributed by atoms with Gasteiger partial charge in [-0.05, 0) is 49.5 Å². The molecule has 0 bridgehead atoms. The first-order valence-corrected chi connectivity index (χ1v) is 14.3. The summed E-state index contributed by atoms with van der Waals surface area (Å²) in [5, 5.41) is 4.29. The number of carbonyl (C=O) groups excluding carboxylic acids is 1. The van der Waals surface area contributed by atoms with Crippen LogP contribution < -0.4 is 15.5 Å². The van der Waals surface area contributed by atoms with Crippen molar-refractivity contribution in [2.45, 2.75) is 18.7 Å². The minimum Gasteiger partial charge on any atom is -0.383 e. The van der Waals surface area contributed by atoms with Crippen molar-refractivity contribution in [3.63, 3.8) is 0 Å². The smallest absolute Gasteiger partial charge is 0.243 e. The van der Waals surface area contributed by atoms with Crippen molar-refractivity contribution < 1.29 is 17.6 Å². The maximum atomic E-state index is 14.0. The minimum absolute atomic E-state index is 0.198. The van der Waals surface area contributed by atoms with Gasteiger partial charge in [-0.3, -0.25) is 9.59 Å². The summed E-state index contributed by atoms with van der Waals surface area (Å²) in [6, 6.07) is 15.4. The molecule has 7 nitrogen and oxygen atoms in total. The van der Waals surface area contributed by atoms with E-state index >= 15 is 0 Å². The number of sulfonamides is 1. The molecule has 0 aliphatic rings. The average molecular weight is 542 g/mol. The Balaban J connectivity index is 1.71. The quantitative estimate of drug-likeness (QED) is 0.215. The molecule has 3 aromatic carbocycles. The number of hydrogen-bond donors (Lipinski definition) is 2. The molecule has 1 aromatic heterocycles. The van der Waals surface area contributed by atoms with Crippen LogP contribution in [0.1, 0.15) is 24.2 Å². The number of benzene rings is 3. The van der Waals surface area contributed by atoms with Crippen LogP contribution in [-0.4, -0.2) is 51.8 Å². The second kappa shape index (κ2) is 11.5. The fraction of sp³-hybridized carbons (Fsp3) is 0.259. The molecule has 10 heteroatoms. The van der Waals surface area contributed by atoms with E-state index in [0.29, 0.717) is 27.7 Å². The number of halogens is 1. The van der Waals surface area contributed by atoms with E-state index in [9.17, 15) is 22.4 Å². The normalized spacial score (nSPS) is 11.9. The zero-order valence-electron chi connectivity index (χ0n) is 20.6. The molecule has 0 aliphatic carbocycles. The summed E-state index contributed by atoms with van der Waals surface area (Å²) in [7, 11) is -4.24. The van der Waals surface area contributed by atoms with Crippen LogP contribution in [0.15, 0.2) is 70.4 Å². The van der Waals surface area contributed by atoms with Crippen LogP contribution in [0.3, 0.4) is 0 Å². The maximum Gasteiger partial charge on any atom is 0.243 e. The van der Waals surface area contributed by atoms with Crippen LogP contribution in [0.4, 0.5) is 10.1 Å². The molecule has 0 atom stereocenters. The molecule has 0 amide bonds. The van der Waals surface area contributed by atoms with E-state index in [0.717, 1.165) is 36.5 Å². The lowest BCUT2D eigenvalue weighted by atomic mass is 10.1. The number of likely N-dealkylation sites (N-methyl/N-ethyl adjacent to an activating group) is 1. The van der Waals surface area contributed by atoms with Crippen molar-refractivity contribution in [2.75, 3.05) is 38.0 Å². The number of hydrogen-bond acceptors (Lipinski definition) is 7. The van der Waals surface area contributed by atoms with Crippen LogP contribution in [0.2, 0.25) is 0 Å². The number of nitrogens with zero attached hydrogens (tertiary/aromatic N) is 1. The molecule has 0 saturated carbocycles. The van der Waals surface area contributed by atoms with Crippen molar-refractivity contribution in [3.05, 3.63) is 82.3 Å². The summed E-state index contributed by atoms with van der Waals surface area (Å²) in [6.07, 6.45) is 0. The second-order valence-corrected chi connectivity index (χ2v) is 11.2. The summed E-state index contributed by atoms with van der Waals surface area (Å²) in [5.41, 5.74) is 0.655. The van der Waals surface area contributed by atoms with Crippen molar-refractivity contribution in [1.82, 2.24) is 9.62 Å². The van der Waals surface area contributed by atoms with Gasteiger partial charge in [-0.1, -0.05) is 38.1 Å². The fourth-order valence-corrected chi connectivity index (χ4v) is 6.45. The monoisotopic (exact) mass is 541 g/mol. The molecule has 0 unspecified atom stereocenters. The number of fused-ring (bicyclic) bond motifs is 2. The molecule has 37 heavy (non-hydrogen) atoms. The highest BCUT2D eigenvalue weighted by atomic mass is 32.2.